The highest BCUT2D eigenvalue weighted by Gasteiger charge is 2.04. The lowest BCUT2D eigenvalue weighted by molar-refractivity contribution is -0.132. The average molecular weight is 216 g/mol. The topological polar surface area (TPSA) is 63.3 Å². The van der Waals surface area contributed by atoms with Crippen molar-refractivity contribution in [2.45, 2.75) is 0 Å². The van der Waals surface area contributed by atoms with Gasteiger partial charge in [-0.2, -0.15) is 0 Å². The van der Waals surface area contributed by atoms with Crippen molar-refractivity contribution >= 4 is 23.6 Å². The standard InChI is InChI=1S/C9H7ClFNO2/c10-6-2-1-5(7(11)4-6)3-8(12)9(13)14/h1-4H,12H2,(H,13,14)/b8-3+. The molecule has 1 aromatic carbocycles. The molecule has 5 heteroatoms. The fourth-order valence-corrected chi connectivity index (χ4v) is 1.01. The van der Waals surface area contributed by atoms with Crippen LogP contribution in [0.4, 0.5) is 4.39 Å². The summed E-state index contributed by atoms with van der Waals surface area (Å²) >= 11 is 5.51. The van der Waals surface area contributed by atoms with E-state index in [4.69, 9.17) is 22.4 Å². The molecule has 0 saturated heterocycles. The van der Waals surface area contributed by atoms with Gasteiger partial charge in [-0.25, -0.2) is 9.18 Å². The summed E-state index contributed by atoms with van der Waals surface area (Å²) in [6, 6.07) is 3.89. The predicted octanol–water partition coefficient (Wildman–Crippen LogP) is 1.86. The first kappa shape index (κ1) is 10.5. The zero-order valence-corrected chi connectivity index (χ0v) is 7.75. The SMILES string of the molecule is N/C(=C/c1ccc(Cl)cc1F)C(=O)O. The van der Waals surface area contributed by atoms with E-state index in [0.717, 1.165) is 12.1 Å². The molecular formula is C9H7ClFNO2. The van der Waals surface area contributed by atoms with Crippen molar-refractivity contribution in [1.82, 2.24) is 0 Å². The van der Waals surface area contributed by atoms with E-state index in [-0.39, 0.29) is 10.6 Å². The Morgan fingerprint density at radius 1 is 1.57 bits per heavy atom. The predicted molar refractivity (Wildman–Crippen MR) is 51.2 cm³/mol. The summed E-state index contributed by atoms with van der Waals surface area (Å²) in [6.07, 6.45) is 1.04. The molecule has 0 aliphatic carbocycles. The first-order valence-corrected chi connectivity index (χ1v) is 4.04. The largest absolute Gasteiger partial charge is 0.477 e. The van der Waals surface area contributed by atoms with E-state index in [1.807, 2.05) is 0 Å². The number of carbonyl (C=O) groups is 1. The lowest BCUT2D eigenvalue weighted by Crippen LogP contribution is -2.09. The third kappa shape index (κ3) is 2.47. The number of rotatable bonds is 2. The summed E-state index contributed by atoms with van der Waals surface area (Å²) in [5, 5.41) is 8.69. The van der Waals surface area contributed by atoms with Crippen molar-refractivity contribution in [3.63, 3.8) is 0 Å². The molecule has 3 N–H and O–H groups in total. The molecule has 0 atom stereocenters. The maximum atomic E-state index is 13.1. The highest BCUT2D eigenvalue weighted by Crippen LogP contribution is 2.16. The Bertz CT molecular complexity index is 404. The quantitative estimate of drug-likeness (QED) is 0.741. The van der Waals surface area contributed by atoms with Gasteiger partial charge in [0.2, 0.25) is 0 Å². The minimum atomic E-state index is -1.29. The molecule has 0 aromatic heterocycles. The van der Waals surface area contributed by atoms with Crippen LogP contribution in [-0.2, 0) is 4.79 Å². The zero-order valence-electron chi connectivity index (χ0n) is 7.00. The maximum Gasteiger partial charge on any atom is 0.351 e. The van der Waals surface area contributed by atoms with Gasteiger partial charge < -0.3 is 10.8 Å². The molecule has 14 heavy (non-hydrogen) atoms. The Labute approximate surface area is 84.6 Å². The molecule has 0 amide bonds. The van der Waals surface area contributed by atoms with Gasteiger partial charge in [-0.15, -0.1) is 0 Å². The van der Waals surface area contributed by atoms with Crippen molar-refractivity contribution in [3.05, 3.63) is 40.3 Å². The molecule has 0 aliphatic rings. The van der Waals surface area contributed by atoms with E-state index >= 15 is 0 Å². The summed E-state index contributed by atoms with van der Waals surface area (Å²) in [5.74, 6) is -1.90. The zero-order chi connectivity index (χ0) is 10.7. The van der Waals surface area contributed by atoms with Gasteiger partial charge in [-0.1, -0.05) is 17.7 Å². The Kier molecular flexibility index (Phi) is 3.09. The summed E-state index contributed by atoms with van der Waals surface area (Å²) < 4.78 is 13.1. The van der Waals surface area contributed by atoms with Gasteiger partial charge in [0.1, 0.15) is 11.5 Å². The molecule has 0 bridgehead atoms. The molecule has 1 aromatic rings. The number of nitrogens with two attached hydrogens (primary N) is 1. The Balaban J connectivity index is 3.09. The number of halogens is 2. The summed E-state index contributed by atoms with van der Waals surface area (Å²) in [7, 11) is 0. The summed E-state index contributed by atoms with van der Waals surface area (Å²) in [6.45, 7) is 0. The Hall–Kier alpha value is -1.55. The second-order valence-electron chi connectivity index (χ2n) is 2.57. The molecule has 0 heterocycles. The number of hydrogen-bond donors (Lipinski definition) is 2. The van der Waals surface area contributed by atoms with Crippen LogP contribution >= 0.6 is 11.6 Å². The molecule has 1 rings (SSSR count). The fourth-order valence-electron chi connectivity index (χ4n) is 0.848. The van der Waals surface area contributed by atoms with Crippen LogP contribution in [0.1, 0.15) is 5.56 Å². The van der Waals surface area contributed by atoms with Crippen LogP contribution in [0.3, 0.4) is 0 Å². The van der Waals surface area contributed by atoms with E-state index in [9.17, 15) is 9.18 Å². The lowest BCUT2D eigenvalue weighted by Gasteiger charge is -1.98. The molecule has 0 fully saturated rings. The Morgan fingerprint density at radius 2 is 2.21 bits per heavy atom. The normalized spacial score (nSPS) is 11.4. The molecular weight excluding hydrogens is 209 g/mol. The average Bonchev–Trinajstić information content (AvgIpc) is 2.09. The molecule has 3 nitrogen and oxygen atoms in total. The molecule has 0 spiro atoms. The number of carboxylic acid groups (broad SMARTS) is 1. The van der Waals surface area contributed by atoms with E-state index < -0.39 is 17.5 Å². The van der Waals surface area contributed by atoms with Crippen LogP contribution in [0.25, 0.3) is 6.08 Å². The van der Waals surface area contributed by atoms with Crippen molar-refractivity contribution in [2.75, 3.05) is 0 Å². The highest BCUT2D eigenvalue weighted by atomic mass is 35.5. The van der Waals surface area contributed by atoms with Gasteiger partial charge in [-0.3, -0.25) is 0 Å². The van der Waals surface area contributed by atoms with Gasteiger partial charge in [0.25, 0.3) is 0 Å². The lowest BCUT2D eigenvalue weighted by atomic mass is 10.2. The number of carboxylic acids is 1. The van der Waals surface area contributed by atoms with Crippen molar-refractivity contribution < 1.29 is 14.3 Å². The number of hydrogen-bond acceptors (Lipinski definition) is 2. The first-order chi connectivity index (χ1) is 6.50. The van der Waals surface area contributed by atoms with Gasteiger partial charge in [-0.05, 0) is 18.2 Å². The van der Waals surface area contributed by atoms with Gasteiger partial charge in [0.05, 0.1) is 0 Å². The molecule has 74 valence electrons. The van der Waals surface area contributed by atoms with Crippen LogP contribution in [0.15, 0.2) is 23.9 Å². The van der Waals surface area contributed by atoms with E-state index in [0.29, 0.717) is 0 Å². The van der Waals surface area contributed by atoms with Crippen LogP contribution in [0, 0.1) is 5.82 Å². The number of benzene rings is 1. The third-order valence-corrected chi connectivity index (χ3v) is 1.76. The molecule has 0 unspecified atom stereocenters. The minimum absolute atomic E-state index is 0.0919. The van der Waals surface area contributed by atoms with Crippen molar-refractivity contribution in [1.29, 1.82) is 0 Å². The van der Waals surface area contributed by atoms with Gasteiger partial charge in [0, 0.05) is 10.6 Å². The van der Waals surface area contributed by atoms with Crippen molar-refractivity contribution in [2.24, 2.45) is 5.73 Å². The van der Waals surface area contributed by atoms with E-state index in [2.05, 4.69) is 0 Å². The van der Waals surface area contributed by atoms with Gasteiger partial charge in [0.15, 0.2) is 0 Å². The minimum Gasteiger partial charge on any atom is -0.477 e. The van der Waals surface area contributed by atoms with Crippen molar-refractivity contribution in [3.8, 4) is 0 Å². The first-order valence-electron chi connectivity index (χ1n) is 3.66. The summed E-state index contributed by atoms with van der Waals surface area (Å²) in [5.41, 5.74) is 4.78. The monoisotopic (exact) mass is 215 g/mol. The molecule has 0 aliphatic heterocycles. The van der Waals surface area contributed by atoms with Crippen LogP contribution in [0.5, 0.6) is 0 Å². The van der Waals surface area contributed by atoms with Gasteiger partial charge >= 0.3 is 5.97 Å². The van der Waals surface area contributed by atoms with Crippen LogP contribution in [0.2, 0.25) is 5.02 Å². The smallest absolute Gasteiger partial charge is 0.351 e. The second kappa shape index (κ2) is 4.11. The van der Waals surface area contributed by atoms with Crippen LogP contribution in [-0.4, -0.2) is 11.1 Å². The van der Waals surface area contributed by atoms with E-state index in [1.165, 1.54) is 12.1 Å². The maximum absolute atomic E-state index is 13.1. The third-order valence-electron chi connectivity index (χ3n) is 1.52. The highest BCUT2D eigenvalue weighted by molar-refractivity contribution is 6.30. The second-order valence-corrected chi connectivity index (χ2v) is 3.01. The fraction of sp³-hybridized carbons (Fsp3) is 0. The Morgan fingerprint density at radius 3 is 2.71 bits per heavy atom. The number of aliphatic carboxylic acids is 1. The van der Waals surface area contributed by atoms with Crippen LogP contribution < -0.4 is 5.73 Å². The molecule has 0 radical (unpaired) electrons. The van der Waals surface area contributed by atoms with E-state index in [1.54, 1.807) is 0 Å². The molecule has 0 saturated carbocycles. The summed E-state index contributed by atoms with van der Waals surface area (Å²) in [4.78, 5) is 10.3.